The summed E-state index contributed by atoms with van der Waals surface area (Å²) in [5.74, 6) is 1.31. The van der Waals surface area contributed by atoms with Gasteiger partial charge in [0.25, 0.3) is 5.56 Å². The fourth-order valence-electron chi connectivity index (χ4n) is 3.56. The van der Waals surface area contributed by atoms with Crippen molar-refractivity contribution in [1.82, 2.24) is 19.7 Å². The SMILES string of the molecule is Cc1ccc([C@H]2C[C@@H]2COc2cc(NCc3ccc(C)nc3C)c(=O)n(C)n2)nc1. The highest BCUT2D eigenvalue weighted by Crippen LogP contribution is 2.46. The average Bonchev–Trinajstić information content (AvgIpc) is 3.49. The van der Waals surface area contributed by atoms with E-state index in [1.54, 1.807) is 13.1 Å². The first-order valence-corrected chi connectivity index (χ1v) is 10.2. The van der Waals surface area contributed by atoms with Crippen LogP contribution in [-0.4, -0.2) is 26.4 Å². The van der Waals surface area contributed by atoms with E-state index >= 15 is 0 Å². The lowest BCUT2D eigenvalue weighted by molar-refractivity contribution is 0.278. The van der Waals surface area contributed by atoms with Gasteiger partial charge in [0, 0.05) is 54.8 Å². The molecule has 7 nitrogen and oxygen atoms in total. The van der Waals surface area contributed by atoms with Gasteiger partial charge in [0.2, 0.25) is 5.88 Å². The number of nitrogens with zero attached hydrogens (tertiary/aromatic N) is 4. The Morgan fingerprint density at radius 3 is 2.77 bits per heavy atom. The first-order chi connectivity index (χ1) is 14.4. The molecule has 1 aliphatic carbocycles. The summed E-state index contributed by atoms with van der Waals surface area (Å²) in [7, 11) is 1.63. The minimum absolute atomic E-state index is 0.187. The lowest BCUT2D eigenvalue weighted by Gasteiger charge is -2.12. The highest BCUT2D eigenvalue weighted by Gasteiger charge is 2.40. The number of pyridine rings is 2. The molecule has 1 aliphatic rings. The molecule has 2 atom stereocenters. The summed E-state index contributed by atoms with van der Waals surface area (Å²) in [5.41, 5.74) is 5.54. The van der Waals surface area contributed by atoms with Crippen molar-refractivity contribution in [2.75, 3.05) is 11.9 Å². The lowest BCUT2D eigenvalue weighted by atomic mass is 10.2. The molecular formula is C23H27N5O2. The Kier molecular flexibility index (Phi) is 5.53. The number of rotatable bonds is 7. The van der Waals surface area contributed by atoms with Gasteiger partial charge < -0.3 is 10.1 Å². The van der Waals surface area contributed by atoms with Gasteiger partial charge in [-0.15, -0.1) is 5.10 Å². The summed E-state index contributed by atoms with van der Waals surface area (Å²) in [5, 5.41) is 7.45. The van der Waals surface area contributed by atoms with Crippen molar-refractivity contribution in [2.24, 2.45) is 13.0 Å². The van der Waals surface area contributed by atoms with E-state index in [0.717, 1.165) is 29.1 Å². The third-order valence-corrected chi connectivity index (χ3v) is 5.53. The Balaban J connectivity index is 1.39. The van der Waals surface area contributed by atoms with Gasteiger partial charge in [0.15, 0.2) is 0 Å². The maximum Gasteiger partial charge on any atom is 0.290 e. The molecule has 3 aromatic rings. The van der Waals surface area contributed by atoms with E-state index in [2.05, 4.69) is 32.5 Å². The van der Waals surface area contributed by atoms with Crippen molar-refractivity contribution in [3.8, 4) is 5.88 Å². The molecule has 7 heteroatoms. The molecule has 0 amide bonds. The summed E-state index contributed by atoms with van der Waals surface area (Å²) in [4.78, 5) is 21.4. The van der Waals surface area contributed by atoms with Crippen molar-refractivity contribution < 1.29 is 4.74 Å². The van der Waals surface area contributed by atoms with Crippen LogP contribution in [-0.2, 0) is 13.6 Å². The average molecular weight is 406 g/mol. The molecule has 0 aliphatic heterocycles. The van der Waals surface area contributed by atoms with Crippen molar-refractivity contribution in [2.45, 2.75) is 39.7 Å². The Labute approximate surface area is 176 Å². The molecule has 30 heavy (non-hydrogen) atoms. The maximum absolute atomic E-state index is 12.5. The molecule has 1 fully saturated rings. The van der Waals surface area contributed by atoms with E-state index in [4.69, 9.17) is 4.74 Å². The van der Waals surface area contributed by atoms with Gasteiger partial charge in [-0.3, -0.25) is 14.8 Å². The summed E-state index contributed by atoms with van der Waals surface area (Å²) in [6.45, 7) is 7.05. The van der Waals surface area contributed by atoms with Crippen molar-refractivity contribution >= 4 is 5.69 Å². The smallest absolute Gasteiger partial charge is 0.290 e. The topological polar surface area (TPSA) is 81.9 Å². The highest BCUT2D eigenvalue weighted by molar-refractivity contribution is 5.44. The fraction of sp³-hybridized carbons (Fsp3) is 0.391. The fourth-order valence-corrected chi connectivity index (χ4v) is 3.56. The van der Waals surface area contributed by atoms with Gasteiger partial charge in [-0.05, 0) is 50.5 Å². The summed E-state index contributed by atoms with van der Waals surface area (Å²) >= 11 is 0. The standard InChI is InChI=1S/C23H27N5O2/c1-14-5-8-20(24-11-14)19-9-18(19)13-30-22-10-21(23(29)28(4)27-22)25-12-17-7-6-15(2)26-16(17)3/h5-8,10-11,18-19,25H,9,12-13H2,1-4H3/t18-,19+/m1/s1. The highest BCUT2D eigenvalue weighted by atomic mass is 16.5. The molecule has 3 heterocycles. The van der Waals surface area contributed by atoms with Gasteiger partial charge in [-0.25, -0.2) is 4.68 Å². The molecule has 4 rings (SSSR count). The zero-order chi connectivity index (χ0) is 21.3. The van der Waals surface area contributed by atoms with E-state index in [1.807, 2.05) is 39.1 Å². The number of ether oxygens (including phenoxy) is 1. The van der Waals surface area contributed by atoms with E-state index in [9.17, 15) is 4.79 Å². The summed E-state index contributed by atoms with van der Waals surface area (Å²) < 4.78 is 7.23. The number of nitrogens with one attached hydrogen (secondary N) is 1. The zero-order valence-corrected chi connectivity index (χ0v) is 17.8. The molecular weight excluding hydrogens is 378 g/mol. The first-order valence-electron chi connectivity index (χ1n) is 10.2. The third kappa shape index (κ3) is 4.50. The number of aromatic nitrogens is 4. The maximum atomic E-state index is 12.5. The number of hydrogen-bond acceptors (Lipinski definition) is 6. The Bertz CT molecular complexity index is 1110. The predicted octanol–water partition coefficient (Wildman–Crippen LogP) is 3.29. The molecule has 0 saturated heterocycles. The second kappa shape index (κ2) is 8.26. The summed E-state index contributed by atoms with van der Waals surface area (Å²) in [6, 6.07) is 9.86. The van der Waals surface area contributed by atoms with Crippen LogP contribution in [0.3, 0.4) is 0 Å². The first kappa shape index (κ1) is 20.1. The Hall–Kier alpha value is -3.22. The molecule has 156 valence electrons. The zero-order valence-electron chi connectivity index (χ0n) is 17.8. The van der Waals surface area contributed by atoms with E-state index in [-0.39, 0.29) is 5.56 Å². The molecule has 1 N–H and O–H groups in total. The minimum atomic E-state index is -0.187. The monoisotopic (exact) mass is 405 g/mol. The number of aryl methyl sites for hydroxylation is 4. The van der Waals surface area contributed by atoms with Gasteiger partial charge >= 0.3 is 0 Å². The van der Waals surface area contributed by atoms with Crippen LogP contribution in [0.4, 0.5) is 5.69 Å². The van der Waals surface area contributed by atoms with Gasteiger partial charge in [0.1, 0.15) is 5.69 Å². The van der Waals surface area contributed by atoms with Crippen LogP contribution in [0.25, 0.3) is 0 Å². The summed E-state index contributed by atoms with van der Waals surface area (Å²) in [6.07, 6.45) is 2.97. The van der Waals surface area contributed by atoms with Crippen LogP contribution >= 0.6 is 0 Å². The van der Waals surface area contributed by atoms with Crippen LogP contribution in [0.15, 0.2) is 41.3 Å². The normalized spacial score (nSPS) is 17.6. The third-order valence-electron chi connectivity index (χ3n) is 5.53. The van der Waals surface area contributed by atoms with E-state index < -0.39 is 0 Å². The number of anilines is 1. The van der Waals surface area contributed by atoms with Crippen LogP contribution in [0.5, 0.6) is 5.88 Å². The quantitative estimate of drug-likeness (QED) is 0.650. The molecule has 0 radical (unpaired) electrons. The number of hydrogen-bond donors (Lipinski definition) is 1. The molecule has 1 saturated carbocycles. The molecule has 0 aromatic carbocycles. The molecule has 0 spiro atoms. The van der Waals surface area contributed by atoms with Crippen LogP contribution in [0.1, 0.15) is 40.5 Å². The van der Waals surface area contributed by atoms with Crippen molar-refractivity contribution in [3.63, 3.8) is 0 Å². The van der Waals surface area contributed by atoms with Crippen molar-refractivity contribution in [1.29, 1.82) is 0 Å². The second-order valence-electron chi connectivity index (χ2n) is 8.05. The van der Waals surface area contributed by atoms with Crippen LogP contribution < -0.4 is 15.6 Å². The minimum Gasteiger partial charge on any atom is -0.476 e. The van der Waals surface area contributed by atoms with Gasteiger partial charge in [0.05, 0.1) is 6.61 Å². The second-order valence-corrected chi connectivity index (χ2v) is 8.05. The predicted molar refractivity (Wildman–Crippen MR) is 116 cm³/mol. The van der Waals surface area contributed by atoms with Gasteiger partial charge in [-0.1, -0.05) is 12.1 Å². The van der Waals surface area contributed by atoms with E-state index in [1.165, 1.54) is 10.2 Å². The van der Waals surface area contributed by atoms with E-state index in [0.29, 0.717) is 36.6 Å². The van der Waals surface area contributed by atoms with Crippen LogP contribution in [0, 0.1) is 26.7 Å². The Morgan fingerprint density at radius 2 is 2.03 bits per heavy atom. The molecule has 3 aromatic heterocycles. The van der Waals surface area contributed by atoms with Crippen molar-refractivity contribution in [3.05, 3.63) is 75.1 Å². The Morgan fingerprint density at radius 1 is 1.20 bits per heavy atom. The van der Waals surface area contributed by atoms with Gasteiger partial charge in [-0.2, -0.15) is 0 Å². The lowest BCUT2D eigenvalue weighted by Crippen LogP contribution is -2.24. The molecule has 0 bridgehead atoms. The molecule has 0 unspecified atom stereocenters. The van der Waals surface area contributed by atoms with Crippen LogP contribution in [0.2, 0.25) is 0 Å². The largest absolute Gasteiger partial charge is 0.476 e.